The van der Waals surface area contributed by atoms with Gasteiger partial charge < -0.3 is 14.3 Å². The van der Waals surface area contributed by atoms with Crippen molar-refractivity contribution in [2.24, 2.45) is 0 Å². The van der Waals surface area contributed by atoms with E-state index in [0.29, 0.717) is 21.8 Å². The molecule has 0 aliphatic carbocycles. The predicted molar refractivity (Wildman–Crippen MR) is 125 cm³/mol. The van der Waals surface area contributed by atoms with Gasteiger partial charge in [-0.15, -0.1) is 0 Å². The first-order valence-corrected chi connectivity index (χ1v) is 10.7. The molecule has 4 aromatic rings. The quantitative estimate of drug-likeness (QED) is 0.356. The summed E-state index contributed by atoms with van der Waals surface area (Å²) >= 11 is 6.12. The molecule has 1 atom stereocenters. The van der Waals surface area contributed by atoms with Crippen LogP contribution in [0.25, 0.3) is 11.0 Å². The van der Waals surface area contributed by atoms with Gasteiger partial charge in [-0.25, -0.2) is 4.39 Å². The summed E-state index contributed by atoms with van der Waals surface area (Å²) in [6.07, 6.45) is 0. The van der Waals surface area contributed by atoms with Gasteiger partial charge >= 0.3 is 0 Å². The number of carbonyl (C=O) groups excluding carboxylic acids is 2. The maximum atomic E-state index is 14.9. The zero-order chi connectivity index (χ0) is 24.0. The molecule has 1 amide bonds. The Kier molecular flexibility index (Phi) is 5.34. The molecule has 3 aromatic carbocycles. The first-order valence-electron chi connectivity index (χ1n) is 10.3. The van der Waals surface area contributed by atoms with Gasteiger partial charge in [0, 0.05) is 27.7 Å². The second-order valence-electron chi connectivity index (χ2n) is 7.66. The summed E-state index contributed by atoms with van der Waals surface area (Å²) < 4.78 is 26.0. The van der Waals surface area contributed by atoms with Crippen molar-refractivity contribution in [3.05, 3.63) is 106 Å². The predicted octanol–water partition coefficient (Wildman–Crippen LogP) is 6.02. The molecule has 1 aliphatic heterocycles. The van der Waals surface area contributed by atoms with Crippen LogP contribution in [-0.4, -0.2) is 23.9 Å². The van der Waals surface area contributed by atoms with Crippen LogP contribution < -0.4 is 9.64 Å². The fraction of sp³-hybridized carbons (Fsp3) is 0.0769. The number of carbonyl (C=O) groups is 2. The summed E-state index contributed by atoms with van der Waals surface area (Å²) in [4.78, 5) is 28.0. The number of aliphatic hydroxyl groups excluding tert-OH is 1. The van der Waals surface area contributed by atoms with Gasteiger partial charge in [-0.2, -0.15) is 0 Å². The van der Waals surface area contributed by atoms with Gasteiger partial charge in [0.15, 0.2) is 22.9 Å². The number of rotatable bonds is 5. The smallest absolute Gasteiger partial charge is 0.294 e. The minimum atomic E-state index is -1.21. The van der Waals surface area contributed by atoms with Crippen molar-refractivity contribution in [1.29, 1.82) is 0 Å². The summed E-state index contributed by atoms with van der Waals surface area (Å²) in [5.74, 6) is -2.81. The Balaban J connectivity index is 1.68. The van der Waals surface area contributed by atoms with E-state index in [1.807, 2.05) is 0 Å². The first-order chi connectivity index (χ1) is 16.4. The maximum absolute atomic E-state index is 14.9. The topological polar surface area (TPSA) is 80.0 Å². The van der Waals surface area contributed by atoms with E-state index in [9.17, 15) is 19.1 Å². The number of nitrogens with zero attached hydrogens (tertiary/aromatic N) is 1. The van der Waals surface area contributed by atoms with Crippen molar-refractivity contribution in [1.82, 2.24) is 0 Å². The molecular weight excluding hydrogens is 461 g/mol. The van der Waals surface area contributed by atoms with Crippen molar-refractivity contribution in [2.75, 3.05) is 12.0 Å². The molecule has 0 bridgehead atoms. The zero-order valence-electron chi connectivity index (χ0n) is 17.8. The standard InChI is InChI=1S/C26H17ClFNO5/c1-33-20-13-15(27)11-14-12-19(34-25(14)20)23(30)21-22(17-9-5-6-10-18(17)28)29(26(32)24(21)31)16-7-3-2-4-8-16/h2-13,22,31H,1H3. The van der Waals surface area contributed by atoms with E-state index < -0.39 is 29.3 Å². The number of furan rings is 1. The second-order valence-corrected chi connectivity index (χ2v) is 8.10. The number of fused-ring (bicyclic) bond motifs is 1. The lowest BCUT2D eigenvalue weighted by Crippen LogP contribution is -2.31. The van der Waals surface area contributed by atoms with Crippen LogP contribution in [0.1, 0.15) is 22.2 Å². The number of Topliss-reactive ketones (excluding diaryl/α,β-unsaturated/α-hetero) is 1. The third-order valence-corrected chi connectivity index (χ3v) is 5.90. The van der Waals surface area contributed by atoms with E-state index in [1.54, 1.807) is 42.5 Å². The largest absolute Gasteiger partial charge is 0.503 e. The molecule has 0 saturated carbocycles. The Hall–Kier alpha value is -4.10. The molecule has 34 heavy (non-hydrogen) atoms. The van der Waals surface area contributed by atoms with Crippen molar-refractivity contribution >= 4 is 39.9 Å². The van der Waals surface area contributed by atoms with Crippen LogP contribution in [-0.2, 0) is 4.79 Å². The number of halogens is 2. The molecule has 0 spiro atoms. The average Bonchev–Trinajstić information content (AvgIpc) is 3.38. The van der Waals surface area contributed by atoms with Gasteiger partial charge in [0.25, 0.3) is 5.91 Å². The van der Waals surface area contributed by atoms with Crippen molar-refractivity contribution < 1.29 is 28.2 Å². The summed E-state index contributed by atoms with van der Waals surface area (Å²) in [6.45, 7) is 0. The van der Waals surface area contributed by atoms with Gasteiger partial charge in [0.1, 0.15) is 5.82 Å². The van der Waals surface area contributed by atoms with Gasteiger partial charge in [-0.05, 0) is 30.3 Å². The zero-order valence-corrected chi connectivity index (χ0v) is 18.5. The first kappa shape index (κ1) is 21.7. The fourth-order valence-corrected chi connectivity index (χ4v) is 4.38. The summed E-state index contributed by atoms with van der Waals surface area (Å²) in [6, 6.07) is 17.6. The molecule has 170 valence electrons. The molecule has 1 aromatic heterocycles. The van der Waals surface area contributed by atoms with E-state index >= 15 is 0 Å². The Morgan fingerprint density at radius 1 is 1.09 bits per heavy atom. The highest BCUT2D eigenvalue weighted by Crippen LogP contribution is 2.43. The minimum Gasteiger partial charge on any atom is -0.503 e. The lowest BCUT2D eigenvalue weighted by atomic mass is 9.94. The monoisotopic (exact) mass is 477 g/mol. The highest BCUT2D eigenvalue weighted by molar-refractivity contribution is 6.31. The van der Waals surface area contributed by atoms with E-state index in [2.05, 4.69) is 0 Å². The normalized spacial score (nSPS) is 15.9. The minimum absolute atomic E-state index is 0.0591. The molecule has 0 fully saturated rings. The van der Waals surface area contributed by atoms with Crippen molar-refractivity contribution in [2.45, 2.75) is 6.04 Å². The average molecular weight is 478 g/mol. The molecule has 0 radical (unpaired) electrons. The van der Waals surface area contributed by atoms with E-state index in [4.69, 9.17) is 20.8 Å². The van der Waals surface area contributed by atoms with Crippen LogP contribution in [0.3, 0.4) is 0 Å². The SMILES string of the molecule is COc1cc(Cl)cc2cc(C(=O)C3=C(O)C(=O)N(c4ccccc4)C3c3ccccc3F)oc12. The number of methoxy groups -OCH3 is 1. The molecule has 6 nitrogen and oxygen atoms in total. The maximum Gasteiger partial charge on any atom is 0.294 e. The molecule has 1 unspecified atom stereocenters. The Morgan fingerprint density at radius 3 is 2.50 bits per heavy atom. The molecular formula is C26H17ClFNO5. The Bertz CT molecular complexity index is 1480. The number of hydrogen-bond donors (Lipinski definition) is 1. The van der Waals surface area contributed by atoms with Gasteiger partial charge in [0.2, 0.25) is 5.78 Å². The summed E-state index contributed by atoms with van der Waals surface area (Å²) in [5, 5.41) is 11.7. The molecule has 0 saturated heterocycles. The Labute approximate surface area is 198 Å². The number of ether oxygens (including phenoxy) is 1. The lowest BCUT2D eigenvalue weighted by molar-refractivity contribution is -0.117. The number of hydrogen-bond acceptors (Lipinski definition) is 5. The third-order valence-electron chi connectivity index (χ3n) is 5.68. The lowest BCUT2D eigenvalue weighted by Gasteiger charge is -2.27. The summed E-state index contributed by atoms with van der Waals surface area (Å²) in [7, 11) is 1.44. The number of amides is 1. The van der Waals surface area contributed by atoms with Crippen molar-refractivity contribution in [3.8, 4) is 5.75 Å². The summed E-state index contributed by atoms with van der Waals surface area (Å²) in [5.41, 5.74) is 0.446. The van der Waals surface area contributed by atoms with Crippen LogP contribution in [0.15, 0.2) is 88.5 Å². The van der Waals surface area contributed by atoms with Crippen LogP contribution in [0.5, 0.6) is 5.75 Å². The molecule has 2 heterocycles. The van der Waals surface area contributed by atoms with E-state index in [-0.39, 0.29) is 22.5 Å². The van der Waals surface area contributed by atoms with Gasteiger partial charge in [-0.3, -0.25) is 14.5 Å². The Morgan fingerprint density at radius 2 is 1.79 bits per heavy atom. The third kappa shape index (κ3) is 3.41. The molecule has 1 N–H and O–H groups in total. The van der Waals surface area contributed by atoms with Crippen LogP contribution >= 0.6 is 11.6 Å². The fourth-order valence-electron chi connectivity index (χ4n) is 4.17. The van der Waals surface area contributed by atoms with Gasteiger partial charge in [-0.1, -0.05) is 48.0 Å². The molecule has 5 rings (SSSR count). The second kappa shape index (κ2) is 8.35. The number of para-hydroxylation sites is 1. The number of ketones is 1. The highest BCUT2D eigenvalue weighted by atomic mass is 35.5. The van der Waals surface area contributed by atoms with E-state index in [0.717, 1.165) is 0 Å². The highest BCUT2D eigenvalue weighted by Gasteiger charge is 2.46. The van der Waals surface area contributed by atoms with Crippen LogP contribution in [0, 0.1) is 5.82 Å². The van der Waals surface area contributed by atoms with Crippen LogP contribution in [0.2, 0.25) is 5.02 Å². The van der Waals surface area contributed by atoms with E-state index in [1.165, 1.54) is 42.3 Å². The molecule has 8 heteroatoms. The number of anilines is 1. The number of aliphatic hydroxyl groups is 1. The number of benzene rings is 3. The van der Waals surface area contributed by atoms with Crippen LogP contribution in [0.4, 0.5) is 10.1 Å². The van der Waals surface area contributed by atoms with Crippen molar-refractivity contribution in [3.63, 3.8) is 0 Å². The molecule has 1 aliphatic rings. The van der Waals surface area contributed by atoms with Gasteiger partial charge in [0.05, 0.1) is 18.7 Å².